The van der Waals surface area contributed by atoms with Crippen LogP contribution >= 0.6 is 0 Å². The van der Waals surface area contributed by atoms with Gasteiger partial charge in [-0.1, -0.05) is 69.3 Å². The van der Waals surface area contributed by atoms with Crippen LogP contribution in [-0.4, -0.2) is 32.3 Å². The van der Waals surface area contributed by atoms with Gasteiger partial charge in [-0.3, -0.25) is 0 Å². The second kappa shape index (κ2) is 14.8. The molecule has 0 spiro atoms. The van der Waals surface area contributed by atoms with E-state index in [0.717, 1.165) is 28.9 Å². The predicted octanol–water partition coefficient (Wildman–Crippen LogP) is 6.69. The standard InChI is InChI=1S/C31H31FO6/c1-21(7-10-24(4)38-30(33)22(2)8-9-23(3)35-6)26-11-13-27(14-12-26)28-15-17-29(18-16-28)36-19-20-37-31(34)25(5)32/h7-15,17H,1-5,16,18-20H2,6H3/b9-8-,10-7-. The van der Waals surface area contributed by atoms with E-state index < -0.39 is 17.8 Å². The van der Waals surface area contributed by atoms with Crippen LogP contribution < -0.4 is 0 Å². The molecule has 2 rings (SSSR count). The van der Waals surface area contributed by atoms with Crippen molar-refractivity contribution in [1.82, 2.24) is 0 Å². The largest absolute Gasteiger partial charge is 0.497 e. The molecule has 0 saturated heterocycles. The van der Waals surface area contributed by atoms with Gasteiger partial charge in [-0.2, -0.15) is 4.39 Å². The molecule has 0 saturated carbocycles. The zero-order valence-electron chi connectivity index (χ0n) is 21.5. The van der Waals surface area contributed by atoms with E-state index in [9.17, 15) is 14.0 Å². The third kappa shape index (κ3) is 9.78. The molecule has 38 heavy (non-hydrogen) atoms. The summed E-state index contributed by atoms with van der Waals surface area (Å²) in [6.45, 7) is 18.0. The molecule has 0 amide bonds. The van der Waals surface area contributed by atoms with Crippen molar-refractivity contribution in [3.05, 3.63) is 133 Å². The summed E-state index contributed by atoms with van der Waals surface area (Å²) in [5, 5.41) is 0. The molecule has 1 aromatic rings. The van der Waals surface area contributed by atoms with Crippen LogP contribution in [-0.2, 0) is 28.5 Å². The van der Waals surface area contributed by atoms with E-state index in [0.29, 0.717) is 17.8 Å². The number of carbonyl (C=O) groups excluding carboxylic acids is 2. The molecule has 7 heteroatoms. The first kappa shape index (κ1) is 29.6. The lowest BCUT2D eigenvalue weighted by Crippen LogP contribution is -2.11. The molecular weight excluding hydrogens is 487 g/mol. The lowest BCUT2D eigenvalue weighted by atomic mass is 9.95. The summed E-state index contributed by atoms with van der Waals surface area (Å²) in [5.74, 6) is -1.55. The number of esters is 2. The molecule has 0 fully saturated rings. The van der Waals surface area contributed by atoms with Crippen molar-refractivity contribution in [3.8, 4) is 0 Å². The average molecular weight is 519 g/mol. The van der Waals surface area contributed by atoms with Gasteiger partial charge in [0.1, 0.15) is 24.7 Å². The summed E-state index contributed by atoms with van der Waals surface area (Å²) in [6, 6.07) is 7.91. The molecule has 0 N–H and O–H groups in total. The summed E-state index contributed by atoms with van der Waals surface area (Å²) in [6.07, 6.45) is 11.5. The SMILES string of the molecule is C=C(/C=C\C(=C)C(=O)OC(=C)/C=C\C(=C)c1ccc(C2=CC=C(OCCOC(=O)C(=C)F)CC2)cc1)OC. The molecule has 0 bridgehead atoms. The van der Waals surface area contributed by atoms with Crippen LogP contribution in [0.2, 0.25) is 0 Å². The molecule has 1 aliphatic rings. The molecule has 1 aliphatic carbocycles. The summed E-state index contributed by atoms with van der Waals surface area (Å²) < 4.78 is 32.9. The highest BCUT2D eigenvalue weighted by Gasteiger charge is 2.11. The Morgan fingerprint density at radius 3 is 2.16 bits per heavy atom. The molecule has 198 valence electrons. The number of ether oxygens (including phenoxy) is 4. The number of hydrogen-bond acceptors (Lipinski definition) is 6. The summed E-state index contributed by atoms with van der Waals surface area (Å²) in [4.78, 5) is 23.1. The van der Waals surface area contributed by atoms with Gasteiger partial charge in [-0.25, -0.2) is 9.59 Å². The van der Waals surface area contributed by atoms with Crippen molar-refractivity contribution in [2.45, 2.75) is 12.8 Å². The lowest BCUT2D eigenvalue weighted by molar-refractivity contribution is -0.141. The van der Waals surface area contributed by atoms with Gasteiger partial charge in [0.2, 0.25) is 5.83 Å². The number of benzene rings is 1. The van der Waals surface area contributed by atoms with Gasteiger partial charge in [0.15, 0.2) is 0 Å². The second-order valence-corrected chi connectivity index (χ2v) is 8.03. The molecule has 0 aliphatic heterocycles. The van der Waals surface area contributed by atoms with Crippen LogP contribution in [0.1, 0.15) is 24.0 Å². The Morgan fingerprint density at radius 1 is 0.868 bits per heavy atom. The predicted molar refractivity (Wildman–Crippen MR) is 147 cm³/mol. The fourth-order valence-corrected chi connectivity index (χ4v) is 3.10. The molecule has 0 radical (unpaired) electrons. The summed E-state index contributed by atoms with van der Waals surface area (Å²) >= 11 is 0. The van der Waals surface area contributed by atoms with E-state index in [4.69, 9.17) is 14.2 Å². The van der Waals surface area contributed by atoms with E-state index in [1.165, 1.54) is 19.3 Å². The van der Waals surface area contributed by atoms with E-state index in [2.05, 4.69) is 37.6 Å². The van der Waals surface area contributed by atoms with E-state index in [-0.39, 0.29) is 24.5 Å². The van der Waals surface area contributed by atoms with Crippen molar-refractivity contribution < 1.29 is 32.9 Å². The van der Waals surface area contributed by atoms with Crippen molar-refractivity contribution in [1.29, 1.82) is 0 Å². The van der Waals surface area contributed by atoms with E-state index in [1.807, 2.05) is 36.4 Å². The first-order valence-electron chi connectivity index (χ1n) is 11.6. The second-order valence-electron chi connectivity index (χ2n) is 8.03. The molecule has 6 nitrogen and oxygen atoms in total. The maximum Gasteiger partial charge on any atom is 0.366 e. The fraction of sp³-hybridized carbons (Fsp3) is 0.161. The topological polar surface area (TPSA) is 71.1 Å². The number of halogens is 1. The van der Waals surface area contributed by atoms with Crippen LogP contribution in [0.4, 0.5) is 4.39 Å². The van der Waals surface area contributed by atoms with Crippen LogP contribution in [0.15, 0.2) is 122 Å². The van der Waals surface area contributed by atoms with Gasteiger partial charge in [-0.05, 0) is 53.0 Å². The maximum atomic E-state index is 12.6. The van der Waals surface area contributed by atoms with Gasteiger partial charge in [0.25, 0.3) is 0 Å². The molecule has 0 heterocycles. The van der Waals surface area contributed by atoms with Crippen LogP contribution in [0.3, 0.4) is 0 Å². The normalized spacial score (nSPS) is 12.8. The number of carbonyl (C=O) groups is 2. The third-order valence-corrected chi connectivity index (χ3v) is 5.25. The number of methoxy groups -OCH3 is 1. The minimum absolute atomic E-state index is 0.0523. The van der Waals surface area contributed by atoms with Crippen molar-refractivity contribution >= 4 is 23.1 Å². The van der Waals surface area contributed by atoms with Gasteiger partial charge >= 0.3 is 11.9 Å². The van der Waals surface area contributed by atoms with Gasteiger partial charge in [0, 0.05) is 6.42 Å². The Morgan fingerprint density at radius 2 is 1.55 bits per heavy atom. The Hall–Kier alpha value is -4.65. The zero-order valence-corrected chi connectivity index (χ0v) is 21.5. The maximum absolute atomic E-state index is 12.6. The van der Waals surface area contributed by atoms with Crippen molar-refractivity contribution in [2.24, 2.45) is 0 Å². The van der Waals surface area contributed by atoms with Gasteiger partial charge in [0.05, 0.1) is 18.4 Å². The monoisotopic (exact) mass is 518 g/mol. The number of hydrogen-bond donors (Lipinski definition) is 0. The van der Waals surface area contributed by atoms with Crippen molar-refractivity contribution in [3.63, 3.8) is 0 Å². The van der Waals surface area contributed by atoms with Gasteiger partial charge in [-0.15, -0.1) is 0 Å². The van der Waals surface area contributed by atoms with Crippen LogP contribution in [0.25, 0.3) is 11.1 Å². The van der Waals surface area contributed by atoms with Gasteiger partial charge < -0.3 is 18.9 Å². The average Bonchev–Trinajstić information content (AvgIpc) is 2.92. The smallest absolute Gasteiger partial charge is 0.366 e. The lowest BCUT2D eigenvalue weighted by Gasteiger charge is -2.16. The summed E-state index contributed by atoms with van der Waals surface area (Å²) in [5.41, 5.74) is 3.96. The molecule has 0 unspecified atom stereocenters. The molecule has 0 atom stereocenters. The zero-order chi connectivity index (χ0) is 28.1. The van der Waals surface area contributed by atoms with Crippen LogP contribution in [0.5, 0.6) is 0 Å². The first-order valence-corrected chi connectivity index (χ1v) is 11.6. The van der Waals surface area contributed by atoms with Crippen molar-refractivity contribution in [2.75, 3.05) is 20.3 Å². The fourth-order valence-electron chi connectivity index (χ4n) is 3.10. The third-order valence-electron chi connectivity index (χ3n) is 5.25. The van der Waals surface area contributed by atoms with E-state index in [1.54, 1.807) is 12.2 Å². The van der Waals surface area contributed by atoms with E-state index >= 15 is 0 Å². The molecule has 0 aromatic heterocycles. The Labute approximate surface area is 222 Å². The Kier molecular flexibility index (Phi) is 11.5. The quantitative estimate of drug-likeness (QED) is 0.0899. The molecular formula is C31H31FO6. The Bertz CT molecular complexity index is 1240. The minimum Gasteiger partial charge on any atom is -0.497 e. The highest BCUT2D eigenvalue weighted by Crippen LogP contribution is 2.28. The summed E-state index contributed by atoms with van der Waals surface area (Å²) in [7, 11) is 1.47. The number of rotatable bonds is 14. The molecule has 1 aromatic carbocycles. The highest BCUT2D eigenvalue weighted by atomic mass is 19.1. The van der Waals surface area contributed by atoms with Crippen LogP contribution in [0, 0.1) is 0 Å². The Balaban J connectivity index is 1.86. The first-order chi connectivity index (χ1) is 18.1. The highest BCUT2D eigenvalue weighted by molar-refractivity contribution is 5.91. The number of allylic oxidation sites excluding steroid dienone is 8. The minimum atomic E-state index is -1.13.